The fraction of sp³-hybridized carbons (Fsp3) is 0.833. The molecule has 0 heterocycles. The average molecular weight is 137 g/mol. The van der Waals surface area contributed by atoms with E-state index in [0.29, 0.717) is 5.41 Å². The predicted octanol–water partition coefficient (Wildman–Crippen LogP) is 2.47. The van der Waals surface area contributed by atoms with E-state index in [1.165, 1.54) is 0 Å². The first-order valence-electron chi connectivity index (χ1n) is 2.45. The summed E-state index contributed by atoms with van der Waals surface area (Å²) >= 11 is 4.32. The minimum Gasteiger partial charge on any atom is -0.285 e. The summed E-state index contributed by atoms with van der Waals surface area (Å²) in [6, 6.07) is 0. The molecule has 0 N–H and O–H groups in total. The van der Waals surface area contributed by atoms with Crippen LogP contribution in [0.4, 0.5) is 0 Å². The Kier molecular flexibility index (Phi) is 6.93. The van der Waals surface area contributed by atoms with Crippen molar-refractivity contribution in [3.63, 3.8) is 0 Å². The van der Waals surface area contributed by atoms with Crippen LogP contribution in [0.5, 0.6) is 0 Å². The highest BCUT2D eigenvalue weighted by molar-refractivity contribution is 6.54. The summed E-state index contributed by atoms with van der Waals surface area (Å²) < 4.78 is 0. The molecule has 0 aromatic heterocycles. The van der Waals surface area contributed by atoms with E-state index in [2.05, 4.69) is 39.3 Å². The minimum absolute atomic E-state index is 0.222. The molecule has 8 heavy (non-hydrogen) atoms. The Bertz CT molecular complexity index is 48.0. The fourth-order valence-corrected chi connectivity index (χ4v) is 0. The normalized spacial score (nSPS) is 9.12. The van der Waals surface area contributed by atoms with Gasteiger partial charge in [0.25, 0.3) is 0 Å². The van der Waals surface area contributed by atoms with Crippen LogP contribution in [0.1, 0.15) is 27.7 Å². The van der Waals surface area contributed by atoms with Crippen molar-refractivity contribution in [1.82, 2.24) is 0 Å². The number of halogens is 1. The summed E-state index contributed by atoms with van der Waals surface area (Å²) in [6.45, 7) is 8.75. The second-order valence-electron chi connectivity index (χ2n) is 3.09. The van der Waals surface area contributed by atoms with Crippen LogP contribution in [0.25, 0.3) is 0 Å². The van der Waals surface area contributed by atoms with Crippen molar-refractivity contribution in [2.45, 2.75) is 27.7 Å². The molecule has 0 bridgehead atoms. The van der Waals surface area contributed by atoms with Crippen LogP contribution in [0.3, 0.4) is 0 Å². The first kappa shape index (κ1) is 10.9. The van der Waals surface area contributed by atoms with Crippen LogP contribution in [-0.4, -0.2) is 5.75 Å². The van der Waals surface area contributed by atoms with Crippen LogP contribution in [0.15, 0.2) is 0 Å². The number of carbonyl (C=O) groups is 1. The lowest BCUT2D eigenvalue weighted by molar-refractivity contribution is 0.469. The van der Waals surface area contributed by atoms with Crippen molar-refractivity contribution >= 4 is 17.3 Å². The third-order valence-electron chi connectivity index (χ3n) is 0. The molecule has 2 heteroatoms. The van der Waals surface area contributed by atoms with Crippen molar-refractivity contribution in [1.29, 1.82) is 0 Å². The van der Waals surface area contributed by atoms with Gasteiger partial charge in [0, 0.05) is 0 Å². The molecule has 0 saturated heterocycles. The Hall–Kier alpha value is -0.0400. The molecule has 0 saturated carbocycles. The molecule has 0 amide bonds. The topological polar surface area (TPSA) is 17.1 Å². The van der Waals surface area contributed by atoms with E-state index in [1.807, 2.05) is 0 Å². The molecule has 0 atom stereocenters. The molecule has 0 aromatic rings. The van der Waals surface area contributed by atoms with Gasteiger partial charge in [0.2, 0.25) is 5.75 Å². The van der Waals surface area contributed by atoms with Gasteiger partial charge in [-0.3, -0.25) is 4.79 Å². The average Bonchev–Trinajstić information content (AvgIpc) is 1.27. The number of rotatable bonds is 0. The van der Waals surface area contributed by atoms with Gasteiger partial charge < -0.3 is 0 Å². The zero-order valence-electron chi connectivity index (χ0n) is 5.86. The molecule has 0 rings (SSSR count). The van der Waals surface area contributed by atoms with Crippen molar-refractivity contribution in [3.05, 3.63) is 0 Å². The quantitative estimate of drug-likeness (QED) is 0.369. The predicted molar refractivity (Wildman–Crippen MR) is 37.7 cm³/mol. The molecule has 0 spiro atoms. The third kappa shape index (κ3) is 91600. The summed E-state index contributed by atoms with van der Waals surface area (Å²) in [7, 11) is 0. The van der Waals surface area contributed by atoms with Gasteiger partial charge in [-0.05, 0) is 17.0 Å². The van der Waals surface area contributed by atoms with Crippen LogP contribution in [0.2, 0.25) is 0 Å². The molecule has 0 radical (unpaired) electrons. The molecule has 0 aliphatic heterocycles. The van der Waals surface area contributed by atoms with E-state index in [0.717, 1.165) is 0 Å². The Morgan fingerprint density at radius 3 is 1.25 bits per heavy atom. The largest absolute Gasteiger partial charge is 0.285 e. The number of carbonyl (C=O) groups excluding carboxylic acids is 1. The number of hydrogen-bond donors (Lipinski definition) is 0. The highest BCUT2D eigenvalue weighted by Crippen LogP contribution is 2.07. The van der Waals surface area contributed by atoms with E-state index >= 15 is 0 Å². The summed E-state index contributed by atoms with van der Waals surface area (Å²) in [4.78, 5) is 8.57. The maximum Gasteiger partial charge on any atom is 0.208 e. The molecule has 0 unspecified atom stereocenters. The highest BCUT2D eigenvalue weighted by atomic mass is 35.5. The molecule has 0 aliphatic rings. The highest BCUT2D eigenvalue weighted by Gasteiger charge is 1.95. The van der Waals surface area contributed by atoms with E-state index in [1.54, 1.807) is 0 Å². The first-order chi connectivity index (χ1) is 3.41. The maximum atomic E-state index is 8.57. The van der Waals surface area contributed by atoms with E-state index < -0.39 is 0 Å². The van der Waals surface area contributed by atoms with Gasteiger partial charge >= 0.3 is 0 Å². The maximum absolute atomic E-state index is 8.57. The molecule has 0 aromatic carbocycles. The van der Waals surface area contributed by atoms with Gasteiger partial charge in [0.15, 0.2) is 0 Å². The Balaban J connectivity index is 0. The summed E-state index contributed by atoms with van der Waals surface area (Å²) in [5.41, 5.74) is 0.500. The molecule has 0 aliphatic carbocycles. The lowest BCUT2D eigenvalue weighted by atomic mass is 10.0. The Labute approximate surface area is 56.0 Å². The van der Waals surface area contributed by atoms with Crippen molar-refractivity contribution in [3.8, 4) is 0 Å². The number of hydrogen-bond acceptors (Lipinski definition) is 1. The second kappa shape index (κ2) is 5.10. The van der Waals surface area contributed by atoms with Gasteiger partial charge in [0.1, 0.15) is 0 Å². The third-order valence-corrected chi connectivity index (χ3v) is 0. The molecule has 50 valence electrons. The summed E-state index contributed by atoms with van der Waals surface area (Å²) in [6.07, 6.45) is 0. The van der Waals surface area contributed by atoms with E-state index in [4.69, 9.17) is 4.79 Å². The SMILES string of the molecule is CC(C)(C)C.O=CCl. The zero-order valence-corrected chi connectivity index (χ0v) is 6.62. The zero-order chi connectivity index (χ0) is 7.21. The Morgan fingerprint density at radius 1 is 1.25 bits per heavy atom. The molecular weight excluding hydrogens is 124 g/mol. The fourth-order valence-electron chi connectivity index (χ4n) is 0. The van der Waals surface area contributed by atoms with Crippen LogP contribution < -0.4 is 0 Å². The minimum atomic E-state index is 0.222. The first-order valence-corrected chi connectivity index (χ1v) is 2.89. The summed E-state index contributed by atoms with van der Waals surface area (Å²) in [5, 5.41) is 0. The molecule has 0 fully saturated rings. The van der Waals surface area contributed by atoms with Crippen LogP contribution in [0, 0.1) is 5.41 Å². The van der Waals surface area contributed by atoms with E-state index in [9.17, 15) is 0 Å². The van der Waals surface area contributed by atoms with Crippen LogP contribution >= 0.6 is 11.6 Å². The monoisotopic (exact) mass is 136 g/mol. The van der Waals surface area contributed by atoms with Crippen molar-refractivity contribution in [2.24, 2.45) is 5.41 Å². The van der Waals surface area contributed by atoms with Gasteiger partial charge in [-0.15, -0.1) is 0 Å². The Morgan fingerprint density at radius 2 is 1.25 bits per heavy atom. The lowest BCUT2D eigenvalue weighted by Gasteiger charge is -2.05. The van der Waals surface area contributed by atoms with E-state index in [-0.39, 0.29) is 5.75 Å². The smallest absolute Gasteiger partial charge is 0.208 e. The van der Waals surface area contributed by atoms with Gasteiger partial charge in [-0.25, -0.2) is 0 Å². The molecular formula is C6H13ClO. The summed E-state index contributed by atoms with van der Waals surface area (Å²) in [5.74, 6) is 0.222. The van der Waals surface area contributed by atoms with Crippen molar-refractivity contribution < 1.29 is 4.79 Å². The van der Waals surface area contributed by atoms with Gasteiger partial charge in [0.05, 0.1) is 0 Å². The standard InChI is InChI=1S/C5H12.CHClO/c1-5(2,3)4;2-1-3/h1-4H3;1H. The van der Waals surface area contributed by atoms with Gasteiger partial charge in [-0.2, -0.15) is 0 Å². The van der Waals surface area contributed by atoms with Gasteiger partial charge in [-0.1, -0.05) is 27.7 Å². The van der Waals surface area contributed by atoms with Crippen molar-refractivity contribution in [2.75, 3.05) is 0 Å². The molecule has 1 nitrogen and oxygen atoms in total. The second-order valence-corrected chi connectivity index (χ2v) is 3.27. The van der Waals surface area contributed by atoms with Crippen LogP contribution in [-0.2, 0) is 4.79 Å². The lowest BCUT2D eigenvalue weighted by Crippen LogP contribution is -1.93.